The number of rotatable bonds is 4. The van der Waals surface area contributed by atoms with Crippen molar-refractivity contribution >= 4 is 27.5 Å². The van der Waals surface area contributed by atoms with Crippen molar-refractivity contribution in [2.75, 3.05) is 5.88 Å². The predicted molar refractivity (Wildman–Crippen MR) is 68.5 cm³/mol. The number of hydrogen-bond acceptors (Lipinski definition) is 2. The van der Waals surface area contributed by atoms with Crippen molar-refractivity contribution in [2.24, 2.45) is 0 Å². The van der Waals surface area contributed by atoms with Gasteiger partial charge in [-0.1, -0.05) is 24.3 Å². The molecule has 0 amide bonds. The molecule has 1 aromatic rings. The summed E-state index contributed by atoms with van der Waals surface area (Å²) in [5.41, 5.74) is 0.849. The molecule has 0 aliphatic rings. The molecule has 16 heavy (non-hydrogen) atoms. The van der Waals surface area contributed by atoms with Gasteiger partial charge in [0.2, 0.25) is 0 Å². The largest absolute Gasteiger partial charge is 0.223 e. The summed E-state index contributed by atoms with van der Waals surface area (Å²) in [7, 11) is -3.19. The third kappa shape index (κ3) is 3.09. The highest BCUT2D eigenvalue weighted by atomic mass is 35.5. The van der Waals surface area contributed by atoms with Crippen LogP contribution in [0.2, 0.25) is 0 Å². The average Bonchev–Trinajstić information content (AvgIpc) is 2.26. The fraction of sp³-hybridized carbons (Fsp3) is 0.333. The van der Waals surface area contributed by atoms with Gasteiger partial charge in [0.15, 0.2) is 9.84 Å². The minimum absolute atomic E-state index is 0.360. The van der Waals surface area contributed by atoms with E-state index in [0.29, 0.717) is 10.8 Å². The van der Waals surface area contributed by atoms with E-state index in [9.17, 15) is 8.42 Å². The number of allylic oxidation sites excluding steroid dienone is 1. The summed E-state index contributed by atoms with van der Waals surface area (Å²) in [6.07, 6.45) is 3.59. The lowest BCUT2D eigenvalue weighted by molar-refractivity contribution is 0.587. The molecule has 0 spiro atoms. The first-order valence-corrected chi connectivity index (χ1v) is 7.13. The smallest absolute Gasteiger partial charge is 0.180 e. The molecule has 0 heterocycles. The van der Waals surface area contributed by atoms with Crippen molar-refractivity contribution in [2.45, 2.75) is 24.0 Å². The minimum Gasteiger partial charge on any atom is -0.223 e. The Labute approximate surface area is 102 Å². The first-order valence-electron chi connectivity index (χ1n) is 5.05. The topological polar surface area (TPSA) is 34.1 Å². The third-order valence-electron chi connectivity index (χ3n) is 2.21. The fourth-order valence-corrected chi connectivity index (χ4v) is 2.45. The lowest BCUT2D eigenvalue weighted by Gasteiger charge is -2.08. The highest BCUT2D eigenvalue weighted by Gasteiger charge is 2.18. The van der Waals surface area contributed by atoms with Crippen LogP contribution in [0.4, 0.5) is 0 Å². The molecular weight excluding hydrogens is 244 g/mol. The molecule has 0 radical (unpaired) electrons. The lowest BCUT2D eigenvalue weighted by Crippen LogP contribution is -2.13. The Morgan fingerprint density at radius 3 is 2.62 bits per heavy atom. The zero-order chi connectivity index (χ0) is 12.2. The SMILES string of the molecule is CC(C)S(=O)(=O)c1cccc(C=CCCl)c1. The van der Waals surface area contributed by atoms with Crippen molar-refractivity contribution in [3.8, 4) is 0 Å². The van der Waals surface area contributed by atoms with E-state index >= 15 is 0 Å². The van der Waals surface area contributed by atoms with Gasteiger partial charge in [-0.25, -0.2) is 8.42 Å². The zero-order valence-corrected chi connectivity index (χ0v) is 10.9. The Hall–Kier alpha value is -0.800. The van der Waals surface area contributed by atoms with Gasteiger partial charge in [-0.05, 0) is 31.5 Å². The predicted octanol–water partition coefficient (Wildman–Crippen LogP) is 3.12. The average molecular weight is 259 g/mol. The molecule has 0 saturated heterocycles. The van der Waals surface area contributed by atoms with E-state index in [1.807, 2.05) is 12.1 Å². The summed E-state index contributed by atoms with van der Waals surface area (Å²) in [6, 6.07) is 6.87. The van der Waals surface area contributed by atoms with Crippen molar-refractivity contribution < 1.29 is 8.42 Å². The summed E-state index contributed by atoms with van der Waals surface area (Å²) >= 11 is 5.53. The third-order valence-corrected chi connectivity index (χ3v) is 4.54. The number of sulfone groups is 1. The molecule has 0 saturated carbocycles. The van der Waals surface area contributed by atoms with Crippen LogP contribution in [0.5, 0.6) is 0 Å². The molecule has 0 fully saturated rings. The molecule has 0 atom stereocenters. The van der Waals surface area contributed by atoms with E-state index in [-0.39, 0.29) is 0 Å². The van der Waals surface area contributed by atoms with Gasteiger partial charge in [-0.2, -0.15) is 0 Å². The van der Waals surface area contributed by atoms with Crippen LogP contribution in [0.25, 0.3) is 6.08 Å². The van der Waals surface area contributed by atoms with Gasteiger partial charge >= 0.3 is 0 Å². The highest BCUT2D eigenvalue weighted by molar-refractivity contribution is 7.92. The molecule has 4 heteroatoms. The molecule has 1 aromatic carbocycles. The standard InChI is InChI=1S/C12H15ClO2S/c1-10(2)16(14,15)12-7-3-5-11(9-12)6-4-8-13/h3-7,9-10H,8H2,1-2H3. The maximum Gasteiger partial charge on any atom is 0.180 e. The van der Waals surface area contributed by atoms with E-state index in [2.05, 4.69) is 0 Å². The molecule has 0 unspecified atom stereocenters. The van der Waals surface area contributed by atoms with Gasteiger partial charge in [0.1, 0.15) is 0 Å². The fourth-order valence-electron chi connectivity index (χ4n) is 1.25. The van der Waals surface area contributed by atoms with Gasteiger partial charge in [0, 0.05) is 5.88 Å². The Morgan fingerprint density at radius 1 is 1.38 bits per heavy atom. The van der Waals surface area contributed by atoms with Crippen LogP contribution < -0.4 is 0 Å². The molecule has 1 rings (SSSR count). The number of alkyl halides is 1. The first kappa shape index (κ1) is 13.3. The number of halogens is 1. The Morgan fingerprint density at radius 2 is 2.06 bits per heavy atom. The van der Waals surface area contributed by atoms with Crippen LogP contribution in [-0.4, -0.2) is 19.5 Å². The van der Waals surface area contributed by atoms with Gasteiger partial charge in [0.05, 0.1) is 10.1 Å². The summed E-state index contributed by atoms with van der Waals surface area (Å²) in [5.74, 6) is 0.418. The molecule has 0 bridgehead atoms. The Balaban J connectivity index is 3.13. The van der Waals surface area contributed by atoms with Crippen molar-refractivity contribution in [3.05, 3.63) is 35.9 Å². The maximum atomic E-state index is 11.9. The molecule has 0 N–H and O–H groups in total. The summed E-state index contributed by atoms with van der Waals surface area (Å²) in [5, 5.41) is -0.403. The first-order chi connectivity index (χ1) is 7.48. The van der Waals surface area contributed by atoms with Gasteiger partial charge in [0.25, 0.3) is 0 Å². The van der Waals surface area contributed by atoms with Gasteiger partial charge in [-0.15, -0.1) is 11.6 Å². The van der Waals surface area contributed by atoms with Crippen LogP contribution in [0, 0.1) is 0 Å². The Bertz CT molecular complexity index is 476. The van der Waals surface area contributed by atoms with Crippen LogP contribution in [0.3, 0.4) is 0 Å². The molecule has 0 aliphatic carbocycles. The van der Waals surface area contributed by atoms with Crippen LogP contribution in [0.1, 0.15) is 19.4 Å². The summed E-state index contributed by atoms with van der Waals surface area (Å²) in [6.45, 7) is 3.35. The zero-order valence-electron chi connectivity index (χ0n) is 9.35. The molecule has 88 valence electrons. The van der Waals surface area contributed by atoms with E-state index in [4.69, 9.17) is 11.6 Å². The molecule has 0 aliphatic heterocycles. The normalized spacial score (nSPS) is 12.5. The lowest BCUT2D eigenvalue weighted by atomic mass is 10.2. The monoisotopic (exact) mass is 258 g/mol. The summed E-state index contributed by atoms with van der Waals surface area (Å²) in [4.78, 5) is 0.360. The van der Waals surface area contributed by atoms with E-state index in [0.717, 1.165) is 5.56 Å². The minimum atomic E-state index is -3.19. The van der Waals surface area contributed by atoms with Crippen LogP contribution in [0.15, 0.2) is 35.2 Å². The van der Waals surface area contributed by atoms with E-state index < -0.39 is 15.1 Å². The molecule has 0 aromatic heterocycles. The van der Waals surface area contributed by atoms with Crippen LogP contribution in [-0.2, 0) is 9.84 Å². The van der Waals surface area contributed by atoms with Crippen molar-refractivity contribution in [1.82, 2.24) is 0 Å². The highest BCUT2D eigenvalue weighted by Crippen LogP contribution is 2.17. The quantitative estimate of drug-likeness (QED) is 0.778. The molecule has 2 nitrogen and oxygen atoms in total. The van der Waals surface area contributed by atoms with Crippen LogP contribution >= 0.6 is 11.6 Å². The molecular formula is C12H15ClO2S. The maximum absolute atomic E-state index is 11.9. The number of benzene rings is 1. The van der Waals surface area contributed by atoms with Crippen molar-refractivity contribution in [1.29, 1.82) is 0 Å². The van der Waals surface area contributed by atoms with Crippen molar-refractivity contribution in [3.63, 3.8) is 0 Å². The second-order valence-electron chi connectivity index (χ2n) is 3.72. The van der Waals surface area contributed by atoms with E-state index in [1.54, 1.807) is 38.1 Å². The Kier molecular flexibility index (Phi) is 4.56. The van der Waals surface area contributed by atoms with Gasteiger partial charge < -0.3 is 0 Å². The van der Waals surface area contributed by atoms with Gasteiger partial charge in [-0.3, -0.25) is 0 Å². The summed E-state index contributed by atoms with van der Waals surface area (Å²) < 4.78 is 23.8. The number of hydrogen-bond donors (Lipinski definition) is 0. The second-order valence-corrected chi connectivity index (χ2v) is 6.54. The van der Waals surface area contributed by atoms with E-state index in [1.165, 1.54) is 0 Å². The second kappa shape index (κ2) is 5.51.